The first kappa shape index (κ1) is 17.9. The fourth-order valence-corrected chi connectivity index (χ4v) is 4.70. The highest BCUT2D eigenvalue weighted by Crippen LogP contribution is 2.38. The van der Waals surface area contributed by atoms with Crippen molar-refractivity contribution in [2.75, 3.05) is 11.6 Å². The Labute approximate surface area is 157 Å². The number of amides is 1. The molecular weight excluding hydrogens is 377 g/mol. The number of aromatic nitrogens is 2. The molecule has 3 aromatic rings. The summed E-state index contributed by atoms with van der Waals surface area (Å²) in [5, 5.41) is 10.6. The molecule has 0 fully saturated rings. The van der Waals surface area contributed by atoms with Gasteiger partial charge < -0.3 is 5.32 Å². The van der Waals surface area contributed by atoms with E-state index in [1.54, 1.807) is 0 Å². The molecule has 0 saturated heterocycles. The smallest absolute Gasteiger partial charge is 0.242 e. The fourth-order valence-electron chi connectivity index (χ4n) is 2.07. The Bertz CT molecular complexity index is 840. The Morgan fingerprint density at radius 2 is 1.76 bits per heavy atom. The number of hydrogen-bond acceptors (Lipinski definition) is 6. The van der Waals surface area contributed by atoms with Crippen LogP contribution in [0.25, 0.3) is 0 Å². The van der Waals surface area contributed by atoms with E-state index in [-0.39, 0.29) is 11.7 Å². The molecule has 0 aliphatic carbocycles. The van der Waals surface area contributed by atoms with Crippen molar-refractivity contribution in [2.45, 2.75) is 13.9 Å². The minimum Gasteiger partial charge on any atom is -0.325 e. The monoisotopic (exact) mass is 391 g/mol. The Morgan fingerprint density at radius 1 is 1.08 bits per heavy atom. The number of hydrogen-bond donors (Lipinski definition) is 1. The van der Waals surface area contributed by atoms with Crippen molar-refractivity contribution in [2.24, 2.45) is 0 Å². The van der Waals surface area contributed by atoms with Gasteiger partial charge in [-0.1, -0.05) is 65.2 Å². The maximum Gasteiger partial charge on any atom is 0.242 e. The van der Waals surface area contributed by atoms with Gasteiger partial charge in [0, 0.05) is 5.69 Å². The van der Waals surface area contributed by atoms with Gasteiger partial charge in [-0.3, -0.25) is 4.79 Å². The van der Waals surface area contributed by atoms with Gasteiger partial charge in [-0.25, -0.2) is 4.39 Å². The highest BCUT2D eigenvalue weighted by atomic mass is 32.2. The number of benzene rings is 2. The number of anilines is 1. The molecular formula is C17H14FN3OS3. The summed E-state index contributed by atoms with van der Waals surface area (Å²) in [6.07, 6.45) is 1.94. The minimum atomic E-state index is -0.478. The summed E-state index contributed by atoms with van der Waals surface area (Å²) in [5.41, 5.74) is 1.42. The van der Waals surface area contributed by atoms with Crippen LogP contribution in [0.4, 0.5) is 10.1 Å². The first-order valence-electron chi connectivity index (χ1n) is 7.31. The van der Waals surface area contributed by atoms with E-state index in [1.807, 2.05) is 36.6 Å². The van der Waals surface area contributed by atoms with E-state index in [0.29, 0.717) is 5.69 Å². The number of nitrogens with zero attached hydrogens (tertiary/aromatic N) is 2. The van der Waals surface area contributed by atoms with Gasteiger partial charge in [0.05, 0.1) is 0 Å². The second-order valence-corrected chi connectivity index (χ2v) is 8.33. The molecule has 3 rings (SSSR count). The van der Waals surface area contributed by atoms with Crippen LogP contribution in [0.1, 0.15) is 10.8 Å². The lowest BCUT2D eigenvalue weighted by atomic mass is 10.1. The zero-order valence-electron chi connectivity index (χ0n) is 13.2. The van der Waals surface area contributed by atoms with Gasteiger partial charge in [-0.05, 0) is 36.1 Å². The first-order chi connectivity index (χ1) is 12.2. The van der Waals surface area contributed by atoms with E-state index in [9.17, 15) is 9.18 Å². The van der Waals surface area contributed by atoms with E-state index in [0.717, 1.165) is 14.2 Å². The van der Waals surface area contributed by atoms with Crippen molar-refractivity contribution < 1.29 is 9.18 Å². The zero-order chi connectivity index (χ0) is 17.6. The molecule has 128 valence electrons. The highest BCUT2D eigenvalue weighted by Gasteiger charge is 2.24. The number of thioether (sulfide) groups is 2. The van der Waals surface area contributed by atoms with Crippen LogP contribution in [0.2, 0.25) is 0 Å². The van der Waals surface area contributed by atoms with Gasteiger partial charge in [0.15, 0.2) is 8.68 Å². The van der Waals surface area contributed by atoms with Gasteiger partial charge in [0.25, 0.3) is 0 Å². The van der Waals surface area contributed by atoms with E-state index in [2.05, 4.69) is 15.5 Å². The van der Waals surface area contributed by atoms with Crippen LogP contribution in [0, 0.1) is 5.82 Å². The lowest BCUT2D eigenvalue weighted by molar-refractivity contribution is -0.115. The minimum absolute atomic E-state index is 0.191. The van der Waals surface area contributed by atoms with Gasteiger partial charge in [0.2, 0.25) is 5.91 Å². The van der Waals surface area contributed by atoms with Crippen LogP contribution in [-0.4, -0.2) is 22.4 Å². The molecule has 1 aromatic heterocycles. The number of halogens is 1. The average Bonchev–Trinajstić information content (AvgIpc) is 3.10. The van der Waals surface area contributed by atoms with Crippen molar-refractivity contribution in [1.82, 2.24) is 10.2 Å². The molecule has 0 bridgehead atoms. The second kappa shape index (κ2) is 8.46. The summed E-state index contributed by atoms with van der Waals surface area (Å²) in [4.78, 5) is 12.8. The normalized spacial score (nSPS) is 11.9. The molecule has 4 nitrogen and oxygen atoms in total. The Hall–Kier alpha value is -1.90. The number of carbonyl (C=O) groups is 1. The average molecular weight is 392 g/mol. The van der Waals surface area contributed by atoms with Gasteiger partial charge in [0.1, 0.15) is 11.1 Å². The molecule has 25 heavy (non-hydrogen) atoms. The SMILES string of the molecule is CSc1nnc(S[C@H](C(=O)Nc2ccc(F)cc2)c2ccccc2)s1. The van der Waals surface area contributed by atoms with Gasteiger partial charge in [-0.15, -0.1) is 10.2 Å². The molecule has 1 amide bonds. The third-order valence-corrected chi connectivity index (χ3v) is 6.47. The predicted molar refractivity (Wildman–Crippen MR) is 102 cm³/mol. The first-order valence-corrected chi connectivity index (χ1v) is 10.2. The quantitative estimate of drug-likeness (QED) is 0.608. The summed E-state index contributed by atoms with van der Waals surface area (Å²) >= 11 is 4.33. The Kier molecular flexibility index (Phi) is 6.06. The van der Waals surface area contributed by atoms with Gasteiger partial charge in [-0.2, -0.15) is 0 Å². The molecule has 0 saturated carbocycles. The van der Waals surface area contributed by atoms with Crippen LogP contribution >= 0.6 is 34.9 Å². The lowest BCUT2D eigenvalue weighted by Crippen LogP contribution is -2.19. The van der Waals surface area contributed by atoms with Crippen molar-refractivity contribution >= 4 is 46.5 Å². The van der Waals surface area contributed by atoms with Crippen molar-refractivity contribution in [3.8, 4) is 0 Å². The largest absolute Gasteiger partial charge is 0.325 e. The lowest BCUT2D eigenvalue weighted by Gasteiger charge is -2.15. The van der Waals surface area contributed by atoms with Crippen molar-refractivity contribution in [3.05, 3.63) is 66.0 Å². The zero-order valence-corrected chi connectivity index (χ0v) is 15.6. The summed E-state index contributed by atoms with van der Waals surface area (Å²) < 4.78 is 14.6. The maximum atomic E-state index is 13.0. The molecule has 1 heterocycles. The van der Waals surface area contributed by atoms with Crippen LogP contribution in [0.15, 0.2) is 63.3 Å². The van der Waals surface area contributed by atoms with E-state index >= 15 is 0 Å². The number of nitrogens with one attached hydrogen (secondary N) is 1. The van der Waals surface area contributed by atoms with Crippen molar-refractivity contribution in [3.63, 3.8) is 0 Å². The topological polar surface area (TPSA) is 54.9 Å². The van der Waals surface area contributed by atoms with Crippen LogP contribution in [-0.2, 0) is 4.79 Å². The van der Waals surface area contributed by atoms with E-state index in [4.69, 9.17) is 0 Å². The third-order valence-electron chi connectivity index (χ3n) is 3.23. The molecule has 1 atom stereocenters. The van der Waals surface area contributed by atoms with Crippen LogP contribution < -0.4 is 5.32 Å². The Balaban J connectivity index is 1.82. The summed E-state index contributed by atoms with van der Waals surface area (Å²) in [6.45, 7) is 0. The van der Waals surface area contributed by atoms with Crippen molar-refractivity contribution in [1.29, 1.82) is 0 Å². The molecule has 0 aliphatic rings. The molecule has 0 spiro atoms. The summed E-state index contributed by atoms with van der Waals surface area (Å²) in [5.74, 6) is -0.533. The predicted octanol–water partition coefficient (Wildman–Crippen LogP) is 4.87. The molecule has 0 radical (unpaired) electrons. The fraction of sp³-hybridized carbons (Fsp3) is 0.118. The van der Waals surface area contributed by atoms with Gasteiger partial charge >= 0.3 is 0 Å². The van der Waals surface area contributed by atoms with Crippen LogP contribution in [0.3, 0.4) is 0 Å². The standard InChI is InChI=1S/C17H14FN3OS3/c1-23-16-20-21-17(25-16)24-14(11-5-3-2-4-6-11)15(22)19-13-9-7-12(18)8-10-13/h2-10,14H,1H3,(H,19,22)/t14-/m0/s1. The number of rotatable bonds is 6. The Morgan fingerprint density at radius 3 is 2.40 bits per heavy atom. The van der Waals surface area contributed by atoms with E-state index in [1.165, 1.54) is 59.1 Å². The van der Waals surface area contributed by atoms with Crippen LogP contribution in [0.5, 0.6) is 0 Å². The molecule has 0 unspecified atom stereocenters. The second-order valence-electron chi connectivity index (χ2n) is 4.94. The molecule has 1 N–H and O–H groups in total. The molecule has 2 aromatic carbocycles. The summed E-state index contributed by atoms with van der Waals surface area (Å²) in [6, 6.07) is 15.2. The van der Waals surface area contributed by atoms with E-state index < -0.39 is 5.25 Å². The number of carbonyl (C=O) groups excluding carboxylic acids is 1. The molecule has 8 heteroatoms. The maximum absolute atomic E-state index is 13.0. The molecule has 0 aliphatic heterocycles. The highest BCUT2D eigenvalue weighted by molar-refractivity contribution is 8.03. The summed E-state index contributed by atoms with van der Waals surface area (Å²) in [7, 11) is 0. The third kappa shape index (κ3) is 4.81.